The molecule has 2 N–H and O–H groups in total. The van der Waals surface area contributed by atoms with E-state index in [2.05, 4.69) is 6.92 Å². The SMILES string of the molecule is CCCCCCCCCCCCc1cc(O)c(C(C)(C)C)cc1C(=O)O. The molecule has 3 heteroatoms. The Bertz CT molecular complexity index is 555. The van der Waals surface area contributed by atoms with E-state index in [4.69, 9.17) is 0 Å². The van der Waals surface area contributed by atoms with Crippen LogP contribution in [0.2, 0.25) is 0 Å². The number of unbranched alkanes of at least 4 members (excludes halogenated alkanes) is 9. The second kappa shape index (κ2) is 11.3. The summed E-state index contributed by atoms with van der Waals surface area (Å²) in [6.07, 6.45) is 13.3. The lowest BCUT2D eigenvalue weighted by molar-refractivity contribution is 0.0695. The van der Waals surface area contributed by atoms with E-state index in [0.29, 0.717) is 11.1 Å². The maximum Gasteiger partial charge on any atom is 0.335 e. The van der Waals surface area contributed by atoms with E-state index in [9.17, 15) is 15.0 Å². The van der Waals surface area contributed by atoms with Gasteiger partial charge in [0.05, 0.1) is 5.56 Å². The average Bonchev–Trinajstić information content (AvgIpc) is 2.55. The van der Waals surface area contributed by atoms with Gasteiger partial charge in [-0.05, 0) is 36.0 Å². The van der Waals surface area contributed by atoms with E-state index < -0.39 is 5.97 Å². The standard InChI is InChI=1S/C23H38O3/c1-5-6-7-8-9-10-11-12-13-14-15-18-16-21(24)20(23(2,3)4)17-19(18)22(25)26/h16-17,24H,5-15H2,1-4H3,(H,25,26). The zero-order valence-electron chi connectivity index (χ0n) is 17.2. The summed E-state index contributed by atoms with van der Waals surface area (Å²) in [6, 6.07) is 3.32. The second-order valence-corrected chi connectivity index (χ2v) is 8.51. The lowest BCUT2D eigenvalue weighted by atomic mass is 9.83. The summed E-state index contributed by atoms with van der Waals surface area (Å²) in [5.41, 5.74) is 1.51. The van der Waals surface area contributed by atoms with E-state index in [1.165, 1.54) is 51.4 Å². The molecule has 0 fully saturated rings. The van der Waals surface area contributed by atoms with Crippen molar-refractivity contribution in [1.82, 2.24) is 0 Å². The number of aromatic hydroxyl groups is 1. The van der Waals surface area contributed by atoms with Gasteiger partial charge >= 0.3 is 5.97 Å². The van der Waals surface area contributed by atoms with Crippen LogP contribution in [0.5, 0.6) is 5.75 Å². The van der Waals surface area contributed by atoms with Crippen LogP contribution in [0.25, 0.3) is 0 Å². The van der Waals surface area contributed by atoms with Gasteiger partial charge < -0.3 is 10.2 Å². The Morgan fingerprint density at radius 1 is 0.885 bits per heavy atom. The van der Waals surface area contributed by atoms with Crippen LogP contribution in [0.1, 0.15) is 113 Å². The Labute approximate surface area is 159 Å². The topological polar surface area (TPSA) is 57.5 Å². The lowest BCUT2D eigenvalue weighted by Gasteiger charge is -2.22. The maximum absolute atomic E-state index is 11.6. The van der Waals surface area contributed by atoms with Crippen LogP contribution in [0.3, 0.4) is 0 Å². The number of carboxylic acids is 1. The largest absolute Gasteiger partial charge is 0.508 e. The number of benzene rings is 1. The first-order valence-corrected chi connectivity index (χ1v) is 10.4. The molecule has 0 aromatic heterocycles. The average molecular weight is 363 g/mol. The van der Waals surface area contributed by atoms with Crippen molar-refractivity contribution in [2.24, 2.45) is 0 Å². The second-order valence-electron chi connectivity index (χ2n) is 8.51. The van der Waals surface area contributed by atoms with Gasteiger partial charge in [0, 0.05) is 5.56 Å². The van der Waals surface area contributed by atoms with E-state index in [1.54, 1.807) is 12.1 Å². The van der Waals surface area contributed by atoms with Crippen LogP contribution < -0.4 is 0 Å². The van der Waals surface area contributed by atoms with E-state index in [-0.39, 0.29) is 11.2 Å². The van der Waals surface area contributed by atoms with E-state index in [1.807, 2.05) is 20.8 Å². The maximum atomic E-state index is 11.6. The van der Waals surface area contributed by atoms with Crippen molar-refractivity contribution in [1.29, 1.82) is 0 Å². The molecule has 0 saturated carbocycles. The molecule has 0 spiro atoms. The van der Waals surface area contributed by atoms with Gasteiger partial charge in [0.15, 0.2) is 0 Å². The fourth-order valence-electron chi connectivity index (χ4n) is 3.44. The zero-order chi connectivity index (χ0) is 19.6. The molecule has 26 heavy (non-hydrogen) atoms. The van der Waals surface area contributed by atoms with Crippen molar-refractivity contribution in [2.75, 3.05) is 0 Å². The first-order valence-electron chi connectivity index (χ1n) is 10.4. The van der Waals surface area contributed by atoms with Gasteiger partial charge in [0.1, 0.15) is 5.75 Å². The molecular weight excluding hydrogens is 324 g/mol. The van der Waals surface area contributed by atoms with Crippen LogP contribution in [-0.2, 0) is 11.8 Å². The van der Waals surface area contributed by atoms with Gasteiger partial charge in [0.25, 0.3) is 0 Å². The predicted molar refractivity (Wildman–Crippen MR) is 109 cm³/mol. The quantitative estimate of drug-likeness (QED) is 0.400. The molecule has 0 radical (unpaired) electrons. The molecule has 1 aromatic rings. The molecule has 0 heterocycles. The zero-order valence-corrected chi connectivity index (χ0v) is 17.2. The number of carbonyl (C=O) groups is 1. The Morgan fingerprint density at radius 2 is 1.38 bits per heavy atom. The highest BCUT2D eigenvalue weighted by molar-refractivity contribution is 5.90. The molecule has 0 aliphatic heterocycles. The highest BCUT2D eigenvalue weighted by Crippen LogP contribution is 2.33. The Kier molecular flexibility index (Phi) is 9.75. The molecule has 0 amide bonds. The highest BCUT2D eigenvalue weighted by Gasteiger charge is 2.22. The first kappa shape index (κ1) is 22.5. The Balaban J connectivity index is 2.45. The highest BCUT2D eigenvalue weighted by atomic mass is 16.4. The van der Waals surface area contributed by atoms with Gasteiger partial charge in [-0.3, -0.25) is 0 Å². The summed E-state index contributed by atoms with van der Waals surface area (Å²) >= 11 is 0. The molecule has 148 valence electrons. The summed E-state index contributed by atoms with van der Waals surface area (Å²) in [5, 5.41) is 19.8. The molecule has 0 aliphatic rings. The molecule has 3 nitrogen and oxygen atoms in total. The summed E-state index contributed by atoms with van der Waals surface area (Å²) in [5.74, 6) is -0.692. The number of rotatable bonds is 12. The molecule has 0 saturated heterocycles. The van der Waals surface area contributed by atoms with Gasteiger partial charge in [-0.1, -0.05) is 85.5 Å². The number of carboxylic acid groups (broad SMARTS) is 1. The monoisotopic (exact) mass is 362 g/mol. The number of hydrogen-bond acceptors (Lipinski definition) is 2. The summed E-state index contributed by atoms with van der Waals surface area (Å²) in [7, 11) is 0. The van der Waals surface area contributed by atoms with E-state index in [0.717, 1.165) is 24.8 Å². The summed E-state index contributed by atoms with van der Waals surface area (Å²) in [6.45, 7) is 8.19. The third-order valence-corrected chi connectivity index (χ3v) is 5.06. The third-order valence-electron chi connectivity index (χ3n) is 5.06. The number of phenolic OH excluding ortho intramolecular Hbond substituents is 1. The lowest BCUT2D eigenvalue weighted by Crippen LogP contribution is -2.14. The third kappa shape index (κ3) is 7.80. The van der Waals surface area contributed by atoms with Crippen LogP contribution in [-0.4, -0.2) is 16.2 Å². The van der Waals surface area contributed by atoms with Crippen LogP contribution in [0.4, 0.5) is 0 Å². The molecule has 0 unspecified atom stereocenters. The summed E-state index contributed by atoms with van der Waals surface area (Å²) < 4.78 is 0. The van der Waals surface area contributed by atoms with Crippen molar-refractivity contribution >= 4 is 5.97 Å². The van der Waals surface area contributed by atoms with Crippen LogP contribution >= 0.6 is 0 Å². The fraction of sp³-hybridized carbons (Fsp3) is 0.696. The minimum atomic E-state index is -0.905. The molecule has 0 atom stereocenters. The van der Waals surface area contributed by atoms with Crippen molar-refractivity contribution in [3.63, 3.8) is 0 Å². The Hall–Kier alpha value is -1.51. The van der Waals surface area contributed by atoms with Crippen LogP contribution in [0.15, 0.2) is 12.1 Å². The molecule has 0 aliphatic carbocycles. The minimum absolute atomic E-state index is 0.213. The van der Waals surface area contributed by atoms with Crippen LogP contribution in [0, 0.1) is 0 Å². The van der Waals surface area contributed by atoms with Crippen molar-refractivity contribution in [3.8, 4) is 5.75 Å². The molecule has 1 aromatic carbocycles. The first-order chi connectivity index (χ1) is 12.3. The number of aryl methyl sites for hydroxylation is 1. The van der Waals surface area contributed by atoms with Crippen molar-refractivity contribution in [2.45, 2.75) is 104 Å². The minimum Gasteiger partial charge on any atom is -0.508 e. The molecule has 1 rings (SSSR count). The van der Waals surface area contributed by atoms with Gasteiger partial charge in [-0.15, -0.1) is 0 Å². The number of aromatic carboxylic acids is 1. The van der Waals surface area contributed by atoms with Gasteiger partial charge in [-0.2, -0.15) is 0 Å². The molecular formula is C23H38O3. The summed E-state index contributed by atoms with van der Waals surface area (Å²) in [4.78, 5) is 11.6. The molecule has 0 bridgehead atoms. The van der Waals surface area contributed by atoms with Gasteiger partial charge in [0.2, 0.25) is 0 Å². The normalized spacial score (nSPS) is 11.7. The Morgan fingerprint density at radius 3 is 1.85 bits per heavy atom. The van der Waals surface area contributed by atoms with Crippen molar-refractivity contribution < 1.29 is 15.0 Å². The number of hydrogen-bond donors (Lipinski definition) is 2. The fourth-order valence-corrected chi connectivity index (χ4v) is 3.44. The van der Waals surface area contributed by atoms with Crippen molar-refractivity contribution in [3.05, 3.63) is 28.8 Å². The number of phenols is 1. The predicted octanol–water partition coefficient (Wildman–Crippen LogP) is 6.85. The van der Waals surface area contributed by atoms with E-state index >= 15 is 0 Å². The smallest absolute Gasteiger partial charge is 0.335 e. The van der Waals surface area contributed by atoms with Gasteiger partial charge in [-0.25, -0.2) is 4.79 Å².